The first-order chi connectivity index (χ1) is 8.58. The van der Waals surface area contributed by atoms with Gasteiger partial charge in [-0.15, -0.1) is 0 Å². The zero-order chi connectivity index (χ0) is 13.5. The van der Waals surface area contributed by atoms with Crippen LogP contribution >= 0.6 is 15.9 Å². The molecule has 0 fully saturated rings. The Balaban J connectivity index is 2.59. The normalized spacial score (nSPS) is 12.1. The minimum absolute atomic E-state index is 0.0786. The standard InChI is InChI=1S/C10H13BrN2O5/c1-17-5-4-7(6-11)12-10(14)8-2-3-9(18-8)13(15)16/h2-3,7H,4-6H2,1H3,(H,12,14). The quantitative estimate of drug-likeness (QED) is 0.469. The lowest BCUT2D eigenvalue weighted by Gasteiger charge is -2.14. The van der Waals surface area contributed by atoms with Gasteiger partial charge in [0.2, 0.25) is 0 Å². The summed E-state index contributed by atoms with van der Waals surface area (Å²) in [6.07, 6.45) is 0.635. The van der Waals surface area contributed by atoms with E-state index in [9.17, 15) is 14.9 Å². The highest BCUT2D eigenvalue weighted by molar-refractivity contribution is 9.09. The van der Waals surface area contributed by atoms with Crippen molar-refractivity contribution in [2.45, 2.75) is 12.5 Å². The van der Waals surface area contributed by atoms with Gasteiger partial charge in [-0.25, -0.2) is 0 Å². The average Bonchev–Trinajstić information content (AvgIpc) is 2.83. The summed E-state index contributed by atoms with van der Waals surface area (Å²) in [5.74, 6) is -1.01. The number of furan rings is 1. The highest BCUT2D eigenvalue weighted by Crippen LogP contribution is 2.15. The molecule has 0 aromatic carbocycles. The van der Waals surface area contributed by atoms with Crippen LogP contribution < -0.4 is 5.32 Å². The Morgan fingerprint density at radius 2 is 2.39 bits per heavy atom. The van der Waals surface area contributed by atoms with Crippen LogP contribution in [0.1, 0.15) is 17.0 Å². The second kappa shape index (κ2) is 7.12. The topological polar surface area (TPSA) is 94.6 Å². The van der Waals surface area contributed by atoms with E-state index in [1.807, 2.05) is 0 Å². The van der Waals surface area contributed by atoms with E-state index in [0.29, 0.717) is 18.4 Å². The Kier molecular flexibility index (Phi) is 5.79. The van der Waals surface area contributed by atoms with Crippen LogP contribution in [0.3, 0.4) is 0 Å². The Hall–Kier alpha value is -1.41. The maximum absolute atomic E-state index is 11.7. The minimum atomic E-state index is -0.691. The fraction of sp³-hybridized carbons (Fsp3) is 0.500. The average molecular weight is 321 g/mol. The molecule has 0 saturated heterocycles. The molecule has 0 aliphatic rings. The predicted molar refractivity (Wildman–Crippen MR) is 66.9 cm³/mol. The number of ether oxygens (including phenoxy) is 1. The van der Waals surface area contributed by atoms with Crippen molar-refractivity contribution >= 4 is 27.7 Å². The first kappa shape index (κ1) is 14.7. The third-order valence-corrected chi connectivity index (χ3v) is 2.97. The van der Waals surface area contributed by atoms with Crippen molar-refractivity contribution in [3.05, 3.63) is 28.0 Å². The van der Waals surface area contributed by atoms with E-state index in [2.05, 4.69) is 21.2 Å². The molecule has 18 heavy (non-hydrogen) atoms. The van der Waals surface area contributed by atoms with Crippen molar-refractivity contribution in [2.75, 3.05) is 19.0 Å². The van der Waals surface area contributed by atoms with Crippen LogP contribution in [0.2, 0.25) is 0 Å². The molecule has 0 saturated carbocycles. The van der Waals surface area contributed by atoms with Crippen LogP contribution in [0, 0.1) is 10.1 Å². The van der Waals surface area contributed by atoms with Crippen molar-refractivity contribution in [3.63, 3.8) is 0 Å². The van der Waals surface area contributed by atoms with Gasteiger partial charge in [0.25, 0.3) is 5.91 Å². The van der Waals surface area contributed by atoms with Gasteiger partial charge in [0.1, 0.15) is 4.92 Å². The number of nitro groups is 1. The first-order valence-electron chi connectivity index (χ1n) is 5.18. The number of hydrogen-bond acceptors (Lipinski definition) is 5. The molecule has 1 aromatic heterocycles. The SMILES string of the molecule is COCCC(CBr)NC(=O)c1ccc([N+](=O)[O-])o1. The van der Waals surface area contributed by atoms with Crippen molar-refractivity contribution in [3.8, 4) is 0 Å². The lowest BCUT2D eigenvalue weighted by atomic mass is 10.2. The third-order valence-electron chi connectivity index (χ3n) is 2.19. The molecular formula is C10H13BrN2O5. The van der Waals surface area contributed by atoms with E-state index >= 15 is 0 Å². The number of carbonyl (C=O) groups excluding carboxylic acids is 1. The number of carbonyl (C=O) groups is 1. The molecule has 8 heteroatoms. The molecule has 0 bridgehead atoms. The van der Waals surface area contributed by atoms with Crippen LogP contribution in [0.15, 0.2) is 16.5 Å². The summed E-state index contributed by atoms with van der Waals surface area (Å²) in [5.41, 5.74) is 0. The highest BCUT2D eigenvalue weighted by Gasteiger charge is 2.19. The molecule has 100 valence electrons. The van der Waals surface area contributed by atoms with Gasteiger partial charge in [-0.05, 0) is 12.5 Å². The third kappa shape index (κ3) is 4.11. The number of nitrogens with zero attached hydrogens (tertiary/aromatic N) is 1. The Morgan fingerprint density at radius 1 is 1.67 bits per heavy atom. The van der Waals surface area contributed by atoms with E-state index < -0.39 is 16.7 Å². The second-order valence-electron chi connectivity index (χ2n) is 3.50. The zero-order valence-electron chi connectivity index (χ0n) is 9.72. The number of hydrogen-bond donors (Lipinski definition) is 1. The molecule has 0 aliphatic carbocycles. The van der Waals surface area contributed by atoms with Crippen molar-refractivity contribution in [1.29, 1.82) is 0 Å². The summed E-state index contributed by atoms with van der Waals surface area (Å²) in [7, 11) is 1.57. The minimum Gasteiger partial charge on any atom is -0.395 e. The maximum atomic E-state index is 11.7. The number of nitrogens with one attached hydrogen (secondary N) is 1. The van der Waals surface area contributed by atoms with Crippen LogP contribution in [0.5, 0.6) is 0 Å². The molecule has 1 N–H and O–H groups in total. The largest absolute Gasteiger partial charge is 0.433 e. The van der Waals surface area contributed by atoms with E-state index in [1.165, 1.54) is 6.07 Å². The van der Waals surface area contributed by atoms with Crippen molar-refractivity contribution in [2.24, 2.45) is 0 Å². The Labute approximate surface area is 112 Å². The number of amides is 1. The van der Waals surface area contributed by atoms with Crippen LogP contribution in [-0.4, -0.2) is 35.9 Å². The molecule has 0 aliphatic heterocycles. The number of alkyl halides is 1. The fourth-order valence-corrected chi connectivity index (χ4v) is 1.74. The summed E-state index contributed by atoms with van der Waals surface area (Å²) in [4.78, 5) is 21.4. The number of halogens is 1. The van der Waals surface area contributed by atoms with Crippen LogP contribution in [-0.2, 0) is 4.74 Å². The van der Waals surface area contributed by atoms with Gasteiger partial charge in [0, 0.05) is 25.1 Å². The lowest BCUT2D eigenvalue weighted by Crippen LogP contribution is -2.36. The van der Waals surface area contributed by atoms with Crippen molar-refractivity contribution in [1.82, 2.24) is 5.32 Å². The zero-order valence-corrected chi connectivity index (χ0v) is 11.3. The predicted octanol–water partition coefficient (Wildman–Crippen LogP) is 1.72. The summed E-state index contributed by atoms with van der Waals surface area (Å²) in [6.45, 7) is 0.509. The van der Waals surface area contributed by atoms with Gasteiger partial charge in [0.15, 0.2) is 5.76 Å². The Morgan fingerprint density at radius 3 is 2.89 bits per heavy atom. The van der Waals surface area contributed by atoms with Crippen LogP contribution in [0.4, 0.5) is 5.88 Å². The van der Waals surface area contributed by atoms with E-state index in [0.717, 1.165) is 6.07 Å². The van der Waals surface area contributed by atoms with Crippen LogP contribution in [0.25, 0.3) is 0 Å². The van der Waals surface area contributed by atoms with E-state index in [1.54, 1.807) is 7.11 Å². The van der Waals surface area contributed by atoms with Gasteiger partial charge in [-0.3, -0.25) is 14.9 Å². The van der Waals surface area contributed by atoms with Gasteiger partial charge < -0.3 is 14.5 Å². The smallest absolute Gasteiger partial charge is 0.395 e. The Bertz CT molecular complexity index is 420. The molecule has 0 radical (unpaired) electrons. The van der Waals surface area contributed by atoms with Gasteiger partial charge >= 0.3 is 5.88 Å². The molecule has 1 atom stereocenters. The monoisotopic (exact) mass is 320 g/mol. The lowest BCUT2D eigenvalue weighted by molar-refractivity contribution is -0.402. The summed E-state index contributed by atoms with van der Waals surface area (Å²) in [5, 5.41) is 13.7. The van der Waals surface area contributed by atoms with Crippen molar-refractivity contribution < 1.29 is 18.9 Å². The molecule has 1 amide bonds. The van der Waals surface area contributed by atoms with Gasteiger partial charge in [-0.1, -0.05) is 15.9 Å². The van der Waals surface area contributed by atoms with E-state index in [4.69, 9.17) is 9.15 Å². The molecule has 1 rings (SSSR count). The first-order valence-corrected chi connectivity index (χ1v) is 6.30. The second-order valence-corrected chi connectivity index (χ2v) is 4.15. The highest BCUT2D eigenvalue weighted by atomic mass is 79.9. The summed E-state index contributed by atoms with van der Waals surface area (Å²) < 4.78 is 9.71. The molecule has 7 nitrogen and oxygen atoms in total. The summed E-state index contributed by atoms with van der Waals surface area (Å²) >= 11 is 3.27. The fourth-order valence-electron chi connectivity index (χ4n) is 1.25. The molecular weight excluding hydrogens is 308 g/mol. The molecule has 1 heterocycles. The summed E-state index contributed by atoms with van der Waals surface area (Å²) in [6, 6.07) is 2.30. The maximum Gasteiger partial charge on any atom is 0.433 e. The van der Waals surface area contributed by atoms with Gasteiger partial charge in [0.05, 0.1) is 6.07 Å². The van der Waals surface area contributed by atoms with E-state index in [-0.39, 0.29) is 11.8 Å². The van der Waals surface area contributed by atoms with Gasteiger partial charge in [-0.2, -0.15) is 0 Å². The molecule has 1 aromatic rings. The molecule has 0 spiro atoms. The number of rotatable bonds is 7. The number of methoxy groups -OCH3 is 1. The molecule has 1 unspecified atom stereocenters.